The molecular formula is C16H16FN5S. The third-order valence-corrected chi connectivity index (χ3v) is 4.55. The maximum Gasteiger partial charge on any atom is 0.193 e. The Balaban J connectivity index is 2.15. The fraction of sp³-hybridized carbons (Fsp3) is 0.375. The number of nitrogens with zero attached hydrogens (tertiary/aromatic N) is 5. The average Bonchev–Trinajstić information content (AvgIpc) is 3.09. The van der Waals surface area contributed by atoms with Crippen LogP contribution in [0.3, 0.4) is 0 Å². The van der Waals surface area contributed by atoms with Crippen molar-refractivity contribution in [1.82, 2.24) is 19.7 Å². The fourth-order valence-electron chi connectivity index (χ4n) is 2.47. The van der Waals surface area contributed by atoms with Crippen LogP contribution in [0.1, 0.15) is 44.5 Å². The molecule has 2 aromatic heterocycles. The van der Waals surface area contributed by atoms with Crippen molar-refractivity contribution in [3.63, 3.8) is 0 Å². The lowest BCUT2D eigenvalue weighted by molar-refractivity contribution is 0.614. The molecule has 5 nitrogen and oxygen atoms in total. The molecule has 0 unspecified atom stereocenters. The molecule has 1 aromatic carbocycles. The van der Waals surface area contributed by atoms with Gasteiger partial charge in [0, 0.05) is 12.5 Å². The van der Waals surface area contributed by atoms with Crippen LogP contribution in [-0.2, 0) is 6.54 Å². The molecule has 0 saturated heterocycles. The van der Waals surface area contributed by atoms with Crippen molar-refractivity contribution in [2.45, 2.75) is 39.7 Å². The highest BCUT2D eigenvalue weighted by molar-refractivity contribution is 7.21. The molecule has 0 saturated carbocycles. The second-order valence-electron chi connectivity index (χ2n) is 5.62. The van der Waals surface area contributed by atoms with E-state index in [2.05, 4.69) is 40.5 Å². The minimum Gasteiger partial charge on any atom is -0.309 e. The molecule has 0 atom stereocenters. The van der Waals surface area contributed by atoms with Gasteiger partial charge < -0.3 is 4.57 Å². The van der Waals surface area contributed by atoms with Gasteiger partial charge in [0.25, 0.3) is 0 Å². The molecular weight excluding hydrogens is 313 g/mol. The number of halogens is 1. The van der Waals surface area contributed by atoms with Gasteiger partial charge in [-0.3, -0.25) is 0 Å². The molecule has 0 bridgehead atoms. The third-order valence-electron chi connectivity index (χ3n) is 3.53. The van der Waals surface area contributed by atoms with E-state index in [-0.39, 0.29) is 11.5 Å². The van der Waals surface area contributed by atoms with Gasteiger partial charge in [0.05, 0.1) is 15.8 Å². The van der Waals surface area contributed by atoms with Crippen LogP contribution in [0.4, 0.5) is 4.39 Å². The summed E-state index contributed by atoms with van der Waals surface area (Å²) >= 11 is 1.36. The lowest BCUT2D eigenvalue weighted by atomic mass is 10.2. The molecule has 23 heavy (non-hydrogen) atoms. The highest BCUT2D eigenvalue weighted by Gasteiger charge is 2.19. The maximum atomic E-state index is 13.8. The molecule has 0 N–H and O–H groups in total. The van der Waals surface area contributed by atoms with E-state index in [1.165, 1.54) is 23.5 Å². The zero-order valence-corrected chi connectivity index (χ0v) is 14.0. The van der Waals surface area contributed by atoms with Gasteiger partial charge in [0.15, 0.2) is 10.8 Å². The van der Waals surface area contributed by atoms with E-state index >= 15 is 0 Å². The van der Waals surface area contributed by atoms with E-state index in [0.717, 1.165) is 18.8 Å². The van der Waals surface area contributed by atoms with Gasteiger partial charge in [-0.05, 0) is 18.6 Å². The summed E-state index contributed by atoms with van der Waals surface area (Å²) in [5.74, 6) is 1.37. The Kier molecular flexibility index (Phi) is 4.09. The number of rotatable bonds is 4. The van der Waals surface area contributed by atoms with Crippen LogP contribution in [0.15, 0.2) is 12.1 Å². The Bertz CT molecular complexity index is 903. The van der Waals surface area contributed by atoms with E-state index < -0.39 is 5.82 Å². The van der Waals surface area contributed by atoms with Crippen molar-refractivity contribution in [2.24, 2.45) is 0 Å². The van der Waals surface area contributed by atoms with Gasteiger partial charge >= 0.3 is 0 Å². The number of aromatic nitrogens is 4. The van der Waals surface area contributed by atoms with E-state index in [1.54, 1.807) is 0 Å². The highest BCUT2D eigenvalue weighted by Crippen LogP contribution is 2.32. The first-order valence-corrected chi connectivity index (χ1v) is 8.30. The number of benzene rings is 1. The third kappa shape index (κ3) is 2.70. The lowest BCUT2D eigenvalue weighted by Gasteiger charge is -2.09. The summed E-state index contributed by atoms with van der Waals surface area (Å²) in [4.78, 5) is 4.53. The first-order chi connectivity index (χ1) is 11.0. The second-order valence-corrected chi connectivity index (χ2v) is 6.65. The Hall–Kier alpha value is -2.33. The van der Waals surface area contributed by atoms with E-state index in [4.69, 9.17) is 5.26 Å². The van der Waals surface area contributed by atoms with Crippen molar-refractivity contribution in [3.05, 3.63) is 29.3 Å². The normalized spacial score (nSPS) is 11.3. The van der Waals surface area contributed by atoms with Crippen LogP contribution >= 0.6 is 11.3 Å². The molecule has 0 aliphatic heterocycles. The Labute approximate surface area is 137 Å². The summed E-state index contributed by atoms with van der Waals surface area (Å²) in [5, 5.41) is 18.2. The first-order valence-electron chi connectivity index (χ1n) is 7.48. The molecule has 0 amide bonds. The van der Waals surface area contributed by atoms with E-state index in [9.17, 15) is 4.39 Å². The summed E-state index contributed by atoms with van der Waals surface area (Å²) in [6.45, 7) is 7.06. The molecule has 3 aromatic rings. The summed E-state index contributed by atoms with van der Waals surface area (Å²) < 4.78 is 16.5. The van der Waals surface area contributed by atoms with Crippen molar-refractivity contribution >= 4 is 21.6 Å². The molecule has 0 spiro atoms. The quantitative estimate of drug-likeness (QED) is 0.723. The number of nitriles is 1. The van der Waals surface area contributed by atoms with Crippen LogP contribution in [0.25, 0.3) is 21.0 Å². The predicted molar refractivity (Wildman–Crippen MR) is 87.7 cm³/mol. The molecule has 2 heterocycles. The monoisotopic (exact) mass is 329 g/mol. The minimum atomic E-state index is -0.520. The standard InChI is InChI=1S/C16H16FN5S/c1-4-5-22-14(9(2)3)20-21-15(22)16-19-12-6-10(8-18)11(17)7-13(12)23-16/h6-7,9H,4-5H2,1-3H3. The van der Waals surface area contributed by atoms with Gasteiger partial charge in [0.2, 0.25) is 0 Å². The van der Waals surface area contributed by atoms with Crippen LogP contribution in [-0.4, -0.2) is 19.7 Å². The molecule has 118 valence electrons. The summed E-state index contributed by atoms with van der Waals surface area (Å²) in [5.41, 5.74) is 0.618. The van der Waals surface area contributed by atoms with E-state index in [0.29, 0.717) is 21.0 Å². The molecule has 0 fully saturated rings. The molecule has 0 radical (unpaired) electrons. The number of fused-ring (bicyclic) bond motifs is 1. The van der Waals surface area contributed by atoms with Crippen LogP contribution in [0.5, 0.6) is 0 Å². The molecule has 7 heteroatoms. The van der Waals surface area contributed by atoms with Crippen LogP contribution < -0.4 is 0 Å². The summed E-state index contributed by atoms with van der Waals surface area (Å²) in [6.07, 6.45) is 0.961. The Morgan fingerprint density at radius 1 is 1.35 bits per heavy atom. The minimum absolute atomic E-state index is 0.00671. The number of hydrogen-bond acceptors (Lipinski definition) is 5. The molecule has 3 rings (SSSR count). The average molecular weight is 329 g/mol. The molecule has 0 aliphatic rings. The predicted octanol–water partition coefficient (Wildman–Crippen LogP) is 4.10. The van der Waals surface area contributed by atoms with Crippen LogP contribution in [0.2, 0.25) is 0 Å². The zero-order chi connectivity index (χ0) is 16.6. The van der Waals surface area contributed by atoms with E-state index in [1.807, 2.05) is 6.07 Å². The van der Waals surface area contributed by atoms with Crippen molar-refractivity contribution < 1.29 is 4.39 Å². The molecule has 0 aliphatic carbocycles. The van der Waals surface area contributed by atoms with Gasteiger partial charge in [-0.25, -0.2) is 9.37 Å². The van der Waals surface area contributed by atoms with Crippen LogP contribution in [0, 0.1) is 17.1 Å². The maximum absolute atomic E-state index is 13.8. The van der Waals surface area contributed by atoms with Gasteiger partial charge in [-0.15, -0.1) is 21.5 Å². The largest absolute Gasteiger partial charge is 0.309 e. The van der Waals surface area contributed by atoms with Crippen molar-refractivity contribution in [3.8, 4) is 16.9 Å². The Morgan fingerprint density at radius 3 is 2.78 bits per heavy atom. The first kappa shape index (κ1) is 15.6. The number of thiazole rings is 1. The SMILES string of the molecule is CCCn1c(-c2nc3cc(C#N)c(F)cc3s2)nnc1C(C)C. The lowest BCUT2D eigenvalue weighted by Crippen LogP contribution is -2.06. The fourth-order valence-corrected chi connectivity index (χ4v) is 3.44. The van der Waals surface area contributed by atoms with Gasteiger partial charge in [0.1, 0.15) is 17.7 Å². The smallest absolute Gasteiger partial charge is 0.193 e. The summed E-state index contributed by atoms with van der Waals surface area (Å²) in [6, 6.07) is 4.68. The second kappa shape index (κ2) is 6.05. The highest BCUT2D eigenvalue weighted by atomic mass is 32.1. The summed E-state index contributed by atoms with van der Waals surface area (Å²) in [7, 11) is 0. The topological polar surface area (TPSA) is 67.4 Å². The Morgan fingerprint density at radius 2 is 2.13 bits per heavy atom. The number of hydrogen-bond donors (Lipinski definition) is 0. The van der Waals surface area contributed by atoms with Gasteiger partial charge in [-0.2, -0.15) is 5.26 Å². The van der Waals surface area contributed by atoms with Gasteiger partial charge in [-0.1, -0.05) is 20.8 Å². The van der Waals surface area contributed by atoms with Crippen molar-refractivity contribution in [2.75, 3.05) is 0 Å². The van der Waals surface area contributed by atoms with Crippen molar-refractivity contribution in [1.29, 1.82) is 5.26 Å². The zero-order valence-electron chi connectivity index (χ0n) is 13.2.